The van der Waals surface area contributed by atoms with Gasteiger partial charge in [-0.1, -0.05) is 62.4 Å². The lowest BCUT2D eigenvalue weighted by Crippen LogP contribution is -2.45. The lowest BCUT2D eigenvalue weighted by molar-refractivity contribution is -0.131. The van der Waals surface area contributed by atoms with Crippen molar-refractivity contribution >= 4 is 12.0 Å². The van der Waals surface area contributed by atoms with Crippen molar-refractivity contribution < 1.29 is 19.4 Å². The molecule has 1 saturated carbocycles. The molecule has 0 spiro atoms. The summed E-state index contributed by atoms with van der Waals surface area (Å²) in [6.45, 7) is 5.37. The third-order valence-corrected chi connectivity index (χ3v) is 5.88. The van der Waals surface area contributed by atoms with E-state index in [9.17, 15) is 14.7 Å². The zero-order valence-electron chi connectivity index (χ0n) is 17.3. The number of aliphatic hydroxyl groups excluding tert-OH is 1. The molecule has 1 aromatic rings. The van der Waals surface area contributed by atoms with Gasteiger partial charge >= 0.3 is 6.09 Å². The number of rotatable bonds is 4. The Bertz CT molecular complexity index is 676. The Balaban J connectivity index is 1.81. The maximum absolute atomic E-state index is 13.2. The maximum Gasteiger partial charge on any atom is 0.417 e. The van der Waals surface area contributed by atoms with Crippen molar-refractivity contribution in [3.63, 3.8) is 0 Å². The molecule has 1 N–H and O–H groups in total. The third kappa shape index (κ3) is 4.93. The fourth-order valence-electron chi connectivity index (χ4n) is 4.53. The normalized spacial score (nSPS) is 26.5. The molecular weight excluding hydrogens is 354 g/mol. The number of imide groups is 1. The van der Waals surface area contributed by atoms with E-state index in [-0.39, 0.29) is 5.91 Å². The highest BCUT2D eigenvalue weighted by molar-refractivity contribution is 5.96. The molecule has 2 fully saturated rings. The molecule has 2 aliphatic rings. The molecule has 3 rings (SSSR count). The highest BCUT2D eigenvalue weighted by Gasteiger charge is 2.51. The first-order chi connectivity index (χ1) is 13.3. The van der Waals surface area contributed by atoms with Crippen LogP contribution in [-0.4, -0.2) is 39.8 Å². The molecule has 1 saturated heterocycles. The molecule has 5 nitrogen and oxygen atoms in total. The number of amides is 2. The SMILES string of the molecule is CC(C)(C)OC(=O)N1C(=O)[C@@H](Cc2ccccc2)[C@H](O)[C@@H]1CC1CCCCC1. The Morgan fingerprint density at radius 3 is 2.39 bits per heavy atom. The maximum atomic E-state index is 13.2. The molecule has 1 aliphatic heterocycles. The molecule has 0 bridgehead atoms. The molecule has 0 aromatic heterocycles. The first-order valence-electron chi connectivity index (χ1n) is 10.5. The minimum Gasteiger partial charge on any atom is -0.443 e. The second-order valence-corrected chi connectivity index (χ2v) is 9.28. The van der Waals surface area contributed by atoms with E-state index in [1.807, 2.05) is 30.3 Å². The first-order valence-corrected chi connectivity index (χ1v) is 10.5. The van der Waals surface area contributed by atoms with E-state index in [0.717, 1.165) is 18.4 Å². The molecule has 0 unspecified atom stereocenters. The lowest BCUT2D eigenvalue weighted by Gasteiger charge is -2.31. The van der Waals surface area contributed by atoms with Gasteiger partial charge in [0.25, 0.3) is 0 Å². The molecule has 2 amide bonds. The topological polar surface area (TPSA) is 66.8 Å². The zero-order valence-corrected chi connectivity index (χ0v) is 17.3. The number of aliphatic hydroxyl groups is 1. The van der Waals surface area contributed by atoms with Gasteiger partial charge in [0.15, 0.2) is 0 Å². The van der Waals surface area contributed by atoms with Crippen molar-refractivity contribution in [1.29, 1.82) is 0 Å². The quantitative estimate of drug-likeness (QED) is 0.835. The van der Waals surface area contributed by atoms with Gasteiger partial charge in [0, 0.05) is 0 Å². The van der Waals surface area contributed by atoms with Gasteiger partial charge in [-0.3, -0.25) is 4.79 Å². The van der Waals surface area contributed by atoms with Gasteiger partial charge in [-0.05, 0) is 45.1 Å². The molecule has 3 atom stereocenters. The van der Waals surface area contributed by atoms with Gasteiger partial charge in [-0.15, -0.1) is 0 Å². The Morgan fingerprint density at radius 2 is 1.79 bits per heavy atom. The summed E-state index contributed by atoms with van der Waals surface area (Å²) in [5, 5.41) is 11.1. The molecular formula is C23H33NO4. The third-order valence-electron chi connectivity index (χ3n) is 5.88. The highest BCUT2D eigenvalue weighted by Crippen LogP contribution is 2.36. The van der Waals surface area contributed by atoms with Gasteiger partial charge in [0.2, 0.25) is 5.91 Å². The number of hydrogen-bond donors (Lipinski definition) is 1. The molecule has 154 valence electrons. The summed E-state index contributed by atoms with van der Waals surface area (Å²) in [7, 11) is 0. The van der Waals surface area contributed by atoms with E-state index in [1.165, 1.54) is 24.2 Å². The van der Waals surface area contributed by atoms with Gasteiger partial charge in [0.05, 0.1) is 18.1 Å². The van der Waals surface area contributed by atoms with E-state index in [2.05, 4.69) is 0 Å². The number of carbonyl (C=O) groups excluding carboxylic acids is 2. The first kappa shape index (κ1) is 20.8. The monoisotopic (exact) mass is 387 g/mol. The summed E-state index contributed by atoms with van der Waals surface area (Å²) >= 11 is 0. The summed E-state index contributed by atoms with van der Waals surface area (Å²) < 4.78 is 5.51. The van der Waals surface area contributed by atoms with Gasteiger partial charge in [0.1, 0.15) is 5.60 Å². The van der Waals surface area contributed by atoms with Crippen molar-refractivity contribution in [3.05, 3.63) is 35.9 Å². The second-order valence-electron chi connectivity index (χ2n) is 9.28. The number of carbonyl (C=O) groups is 2. The average Bonchev–Trinajstić information content (AvgIpc) is 2.86. The van der Waals surface area contributed by atoms with Gasteiger partial charge < -0.3 is 9.84 Å². The molecule has 0 radical (unpaired) electrons. The number of ether oxygens (including phenoxy) is 1. The van der Waals surface area contributed by atoms with Crippen LogP contribution in [0.4, 0.5) is 4.79 Å². The molecule has 1 aromatic carbocycles. The van der Waals surface area contributed by atoms with Crippen molar-refractivity contribution in [2.24, 2.45) is 11.8 Å². The predicted octanol–water partition coefficient (Wildman–Crippen LogP) is 4.32. The number of likely N-dealkylation sites (tertiary alicyclic amines) is 1. The number of benzene rings is 1. The zero-order chi connectivity index (χ0) is 20.3. The Morgan fingerprint density at radius 1 is 1.14 bits per heavy atom. The van der Waals surface area contributed by atoms with Crippen molar-refractivity contribution in [1.82, 2.24) is 4.90 Å². The van der Waals surface area contributed by atoms with E-state index in [1.54, 1.807) is 20.8 Å². The fraction of sp³-hybridized carbons (Fsp3) is 0.652. The van der Waals surface area contributed by atoms with Gasteiger partial charge in [-0.2, -0.15) is 0 Å². The van der Waals surface area contributed by atoms with Crippen molar-refractivity contribution in [2.75, 3.05) is 0 Å². The summed E-state index contributed by atoms with van der Waals surface area (Å²) in [6.07, 6.45) is 5.41. The largest absolute Gasteiger partial charge is 0.443 e. The van der Waals surface area contributed by atoms with Crippen LogP contribution >= 0.6 is 0 Å². The average molecular weight is 388 g/mol. The standard InChI is InChI=1S/C23H33NO4/c1-23(2,3)28-22(27)24-19(15-17-12-8-5-9-13-17)20(25)18(21(24)26)14-16-10-6-4-7-11-16/h4,6-7,10-11,17-20,25H,5,8-9,12-15H2,1-3H3/t18-,19-,20-/m0/s1. The number of hydrogen-bond acceptors (Lipinski definition) is 4. The van der Waals surface area contributed by atoms with Crippen LogP contribution in [0.5, 0.6) is 0 Å². The lowest BCUT2D eigenvalue weighted by atomic mass is 9.82. The highest BCUT2D eigenvalue weighted by atomic mass is 16.6. The van der Waals surface area contributed by atoms with Crippen LogP contribution in [0.15, 0.2) is 30.3 Å². The van der Waals surface area contributed by atoms with Crippen LogP contribution in [0.2, 0.25) is 0 Å². The molecule has 5 heteroatoms. The smallest absolute Gasteiger partial charge is 0.417 e. The van der Waals surface area contributed by atoms with Crippen molar-refractivity contribution in [3.8, 4) is 0 Å². The minimum absolute atomic E-state index is 0.314. The van der Waals surface area contributed by atoms with Crippen LogP contribution < -0.4 is 0 Å². The summed E-state index contributed by atoms with van der Waals surface area (Å²) in [5.41, 5.74) is 0.303. The predicted molar refractivity (Wildman–Crippen MR) is 108 cm³/mol. The summed E-state index contributed by atoms with van der Waals surface area (Å²) in [5.74, 6) is -0.475. The molecule has 1 aliphatic carbocycles. The summed E-state index contributed by atoms with van der Waals surface area (Å²) in [6, 6.07) is 9.17. The van der Waals surface area contributed by atoms with Crippen molar-refractivity contribution in [2.45, 2.75) is 83.5 Å². The Labute approximate surface area is 168 Å². The van der Waals surface area contributed by atoms with Crippen LogP contribution in [0.3, 0.4) is 0 Å². The number of nitrogens with zero attached hydrogens (tertiary/aromatic N) is 1. The Kier molecular flexibility index (Phi) is 6.43. The van der Waals surface area contributed by atoms with E-state index < -0.39 is 29.8 Å². The molecule has 1 heterocycles. The summed E-state index contributed by atoms with van der Waals surface area (Å²) in [4.78, 5) is 27.2. The van der Waals surface area contributed by atoms with E-state index >= 15 is 0 Å². The van der Waals surface area contributed by atoms with Crippen LogP contribution in [0.25, 0.3) is 0 Å². The fourth-order valence-corrected chi connectivity index (χ4v) is 4.53. The van der Waals surface area contributed by atoms with Gasteiger partial charge in [-0.25, -0.2) is 9.69 Å². The van der Waals surface area contributed by atoms with E-state index in [4.69, 9.17) is 4.74 Å². The van der Waals surface area contributed by atoms with E-state index in [0.29, 0.717) is 18.8 Å². The van der Waals surface area contributed by atoms with Crippen LogP contribution in [-0.2, 0) is 16.0 Å². The molecule has 28 heavy (non-hydrogen) atoms. The van der Waals surface area contributed by atoms with Crippen LogP contribution in [0, 0.1) is 11.8 Å². The minimum atomic E-state index is -0.859. The second kappa shape index (κ2) is 8.64. The Hall–Kier alpha value is -1.88. The van der Waals surface area contributed by atoms with Crippen LogP contribution in [0.1, 0.15) is 64.9 Å².